The van der Waals surface area contributed by atoms with Crippen molar-refractivity contribution in [3.05, 3.63) is 78.2 Å². The molecule has 2 aromatic carbocycles. The summed E-state index contributed by atoms with van der Waals surface area (Å²) in [6, 6.07) is 16.8. The van der Waals surface area contributed by atoms with E-state index in [0.717, 1.165) is 16.6 Å². The van der Waals surface area contributed by atoms with E-state index in [-0.39, 0.29) is 5.69 Å². The van der Waals surface area contributed by atoms with Crippen LogP contribution in [0.2, 0.25) is 0 Å². The number of rotatable bonds is 3. The highest BCUT2D eigenvalue weighted by Gasteiger charge is 2.16. The van der Waals surface area contributed by atoms with Crippen molar-refractivity contribution >= 4 is 22.7 Å². The van der Waals surface area contributed by atoms with Gasteiger partial charge in [-0.1, -0.05) is 36.4 Å². The molecule has 0 radical (unpaired) electrons. The minimum absolute atomic E-state index is 0.0945. The maximum absolute atomic E-state index is 12.5. The van der Waals surface area contributed by atoms with E-state index in [4.69, 9.17) is 0 Å². The van der Waals surface area contributed by atoms with E-state index < -0.39 is 11.8 Å². The van der Waals surface area contributed by atoms with Crippen LogP contribution in [0.1, 0.15) is 20.8 Å². The van der Waals surface area contributed by atoms with Crippen molar-refractivity contribution in [3.63, 3.8) is 0 Å². The molecule has 4 aromatic rings. The fraction of sp³-hybridized carbons (Fsp3) is 0.0526. The maximum atomic E-state index is 12.5. The fourth-order valence-electron chi connectivity index (χ4n) is 2.82. The number of aryl methyl sites for hydroxylation is 1. The lowest BCUT2D eigenvalue weighted by molar-refractivity contribution is 0.0844. The molecule has 0 fully saturated rings. The third-order valence-electron chi connectivity index (χ3n) is 4.14. The van der Waals surface area contributed by atoms with E-state index in [1.165, 1.54) is 11.0 Å². The van der Waals surface area contributed by atoms with Crippen LogP contribution >= 0.6 is 0 Å². The number of aromatic nitrogens is 4. The zero-order valence-electron chi connectivity index (χ0n) is 14.5. The molecule has 2 N–H and O–H groups in total. The van der Waals surface area contributed by atoms with Crippen LogP contribution < -0.4 is 10.9 Å². The van der Waals surface area contributed by atoms with Gasteiger partial charge in [0.15, 0.2) is 5.69 Å². The van der Waals surface area contributed by atoms with Crippen LogP contribution in [0.15, 0.2) is 67.0 Å². The Labute approximate surface area is 154 Å². The van der Waals surface area contributed by atoms with Crippen molar-refractivity contribution in [2.24, 2.45) is 7.05 Å². The molecule has 0 spiro atoms. The lowest BCUT2D eigenvalue weighted by Crippen LogP contribution is -2.41. The third kappa shape index (κ3) is 3.15. The van der Waals surface area contributed by atoms with Crippen molar-refractivity contribution in [1.29, 1.82) is 0 Å². The number of hydrogen-bond acceptors (Lipinski definition) is 4. The van der Waals surface area contributed by atoms with Crippen LogP contribution in [0, 0.1) is 0 Å². The van der Waals surface area contributed by atoms with E-state index >= 15 is 0 Å². The number of benzene rings is 2. The van der Waals surface area contributed by atoms with Crippen molar-refractivity contribution in [3.8, 4) is 5.69 Å². The van der Waals surface area contributed by atoms with Crippen LogP contribution in [0.5, 0.6) is 0 Å². The largest absolute Gasteiger partial charge is 0.350 e. The fourth-order valence-corrected chi connectivity index (χ4v) is 2.82. The Hall–Kier alpha value is -3.94. The van der Waals surface area contributed by atoms with Crippen molar-refractivity contribution < 1.29 is 9.59 Å². The van der Waals surface area contributed by atoms with Crippen molar-refractivity contribution in [2.75, 3.05) is 0 Å². The molecule has 134 valence electrons. The number of nitrogens with zero attached hydrogens (tertiary/aromatic N) is 4. The normalized spacial score (nSPS) is 10.7. The molecular formula is C19H16N6O2. The predicted molar refractivity (Wildman–Crippen MR) is 99.2 cm³/mol. The van der Waals surface area contributed by atoms with E-state index in [0.29, 0.717) is 5.56 Å². The minimum Gasteiger partial charge on any atom is -0.350 e. The molecule has 27 heavy (non-hydrogen) atoms. The molecule has 0 bridgehead atoms. The number of hydrazine groups is 1. The van der Waals surface area contributed by atoms with E-state index in [1.807, 2.05) is 66.2 Å². The molecule has 0 saturated heterocycles. The predicted octanol–water partition coefficient (Wildman–Crippen LogP) is 1.83. The molecule has 2 amide bonds. The summed E-state index contributed by atoms with van der Waals surface area (Å²) in [5.74, 6) is -0.957. The van der Waals surface area contributed by atoms with Crippen LogP contribution in [-0.4, -0.2) is 31.4 Å². The number of nitrogens with one attached hydrogen (secondary N) is 2. The number of carbonyl (C=O) groups is 2. The summed E-state index contributed by atoms with van der Waals surface area (Å²) in [6.07, 6.45) is 3.06. The molecule has 8 nitrogen and oxygen atoms in total. The summed E-state index contributed by atoms with van der Waals surface area (Å²) in [4.78, 5) is 26.0. The number of amides is 2. The first-order valence-corrected chi connectivity index (χ1v) is 8.26. The molecule has 2 aromatic heterocycles. The van der Waals surface area contributed by atoms with Gasteiger partial charge in [-0.15, -0.1) is 5.10 Å². The summed E-state index contributed by atoms with van der Waals surface area (Å²) >= 11 is 0. The SMILES string of the molecule is Cn1cc(C(=O)NNC(=O)c2cnn(-c3ccccc3)n2)c2ccccc21. The van der Waals surface area contributed by atoms with Gasteiger partial charge in [-0.05, 0) is 18.2 Å². The average Bonchev–Trinajstić information content (AvgIpc) is 3.32. The number of carbonyl (C=O) groups excluding carboxylic acids is 2. The number of para-hydroxylation sites is 2. The van der Waals surface area contributed by atoms with Gasteiger partial charge in [0.1, 0.15) is 0 Å². The van der Waals surface area contributed by atoms with Gasteiger partial charge in [0, 0.05) is 24.1 Å². The van der Waals surface area contributed by atoms with Crippen LogP contribution in [-0.2, 0) is 7.05 Å². The molecule has 0 aliphatic rings. The van der Waals surface area contributed by atoms with Gasteiger partial charge in [0.05, 0.1) is 17.4 Å². The topological polar surface area (TPSA) is 93.8 Å². The Bertz CT molecular complexity index is 1130. The van der Waals surface area contributed by atoms with Gasteiger partial charge >= 0.3 is 0 Å². The first-order chi connectivity index (χ1) is 13.1. The van der Waals surface area contributed by atoms with Crippen molar-refractivity contribution in [1.82, 2.24) is 30.4 Å². The second-order valence-corrected chi connectivity index (χ2v) is 5.93. The molecule has 8 heteroatoms. The quantitative estimate of drug-likeness (QED) is 0.545. The van der Waals surface area contributed by atoms with Gasteiger partial charge in [0.25, 0.3) is 11.8 Å². The summed E-state index contributed by atoms with van der Waals surface area (Å²) < 4.78 is 1.86. The Morgan fingerprint density at radius 1 is 0.926 bits per heavy atom. The minimum atomic E-state index is -0.550. The summed E-state index contributed by atoms with van der Waals surface area (Å²) in [7, 11) is 1.86. The summed E-state index contributed by atoms with van der Waals surface area (Å²) in [6.45, 7) is 0. The maximum Gasteiger partial charge on any atom is 0.291 e. The number of fused-ring (bicyclic) bond motifs is 1. The van der Waals surface area contributed by atoms with Gasteiger partial charge in [-0.25, -0.2) is 0 Å². The molecule has 0 aliphatic carbocycles. The second kappa shape index (κ2) is 6.75. The zero-order valence-corrected chi connectivity index (χ0v) is 14.5. The van der Waals surface area contributed by atoms with E-state index in [9.17, 15) is 9.59 Å². The molecule has 0 saturated carbocycles. The molecule has 0 unspecified atom stereocenters. The molecule has 4 rings (SSSR count). The van der Waals surface area contributed by atoms with Gasteiger partial charge in [-0.2, -0.15) is 9.90 Å². The summed E-state index contributed by atoms with van der Waals surface area (Å²) in [5.41, 5.74) is 7.03. The molecular weight excluding hydrogens is 344 g/mol. The Kier molecular flexibility index (Phi) is 4.13. The van der Waals surface area contributed by atoms with Crippen LogP contribution in [0.4, 0.5) is 0 Å². The third-order valence-corrected chi connectivity index (χ3v) is 4.14. The zero-order chi connectivity index (χ0) is 18.8. The monoisotopic (exact) mass is 360 g/mol. The molecule has 0 atom stereocenters. The Balaban J connectivity index is 1.46. The average molecular weight is 360 g/mol. The Morgan fingerprint density at radius 3 is 2.44 bits per heavy atom. The van der Waals surface area contributed by atoms with Gasteiger partial charge < -0.3 is 4.57 Å². The first kappa shape index (κ1) is 16.5. The van der Waals surface area contributed by atoms with E-state index in [1.54, 1.807) is 6.20 Å². The summed E-state index contributed by atoms with van der Waals surface area (Å²) in [5, 5.41) is 9.00. The smallest absolute Gasteiger partial charge is 0.291 e. The highest BCUT2D eigenvalue weighted by atomic mass is 16.2. The number of hydrogen-bond donors (Lipinski definition) is 2. The van der Waals surface area contributed by atoms with Crippen LogP contribution in [0.25, 0.3) is 16.6 Å². The lowest BCUT2D eigenvalue weighted by atomic mass is 10.2. The van der Waals surface area contributed by atoms with Crippen molar-refractivity contribution in [2.45, 2.75) is 0 Å². The highest BCUT2D eigenvalue weighted by molar-refractivity contribution is 6.07. The van der Waals surface area contributed by atoms with E-state index in [2.05, 4.69) is 21.0 Å². The standard InChI is InChI=1S/C19H16N6O2/c1-24-12-15(14-9-5-6-10-17(14)24)18(26)21-22-19(27)16-11-20-25(23-16)13-7-3-2-4-8-13/h2-12H,1H3,(H,21,26)(H,22,27). The molecule has 2 heterocycles. The molecule has 0 aliphatic heterocycles. The van der Waals surface area contributed by atoms with Crippen LogP contribution in [0.3, 0.4) is 0 Å². The lowest BCUT2D eigenvalue weighted by Gasteiger charge is -2.05. The highest BCUT2D eigenvalue weighted by Crippen LogP contribution is 2.19. The first-order valence-electron chi connectivity index (χ1n) is 8.26. The van der Waals surface area contributed by atoms with Gasteiger partial charge in [-0.3, -0.25) is 20.4 Å². The van der Waals surface area contributed by atoms with Gasteiger partial charge in [0.2, 0.25) is 0 Å². The Morgan fingerprint density at radius 2 is 1.63 bits per heavy atom. The second-order valence-electron chi connectivity index (χ2n) is 5.93.